The zero-order valence-corrected chi connectivity index (χ0v) is 17.2. The third-order valence-corrected chi connectivity index (χ3v) is 5.17. The molecule has 1 saturated heterocycles. The van der Waals surface area contributed by atoms with Gasteiger partial charge in [0.05, 0.1) is 12.6 Å². The second-order valence-electron chi connectivity index (χ2n) is 6.76. The van der Waals surface area contributed by atoms with Crippen molar-refractivity contribution in [2.24, 2.45) is 11.5 Å². The number of likely N-dealkylation sites (tertiary alicyclic amines) is 1. The Hall–Kier alpha value is -2.34. The second-order valence-corrected chi connectivity index (χ2v) is 7.74. The van der Waals surface area contributed by atoms with Gasteiger partial charge in [0, 0.05) is 13.0 Å². The van der Waals surface area contributed by atoms with E-state index in [1.165, 1.54) is 4.90 Å². The molecule has 0 aliphatic carbocycles. The highest BCUT2D eigenvalue weighted by atomic mass is 32.2. The zero-order chi connectivity index (χ0) is 22.0. The molecule has 1 aliphatic rings. The average molecular weight is 432 g/mol. The van der Waals surface area contributed by atoms with Gasteiger partial charge in [-0.1, -0.05) is 0 Å². The van der Waals surface area contributed by atoms with E-state index in [1.54, 1.807) is 11.8 Å². The Balaban J connectivity index is 2.54. The second kappa shape index (κ2) is 12.3. The lowest BCUT2D eigenvalue weighted by Gasteiger charge is -2.26. The minimum atomic E-state index is -1.31. The number of aliphatic carboxylic acids is 1. The lowest BCUT2D eigenvalue weighted by molar-refractivity contribution is -0.142. The molecule has 0 aromatic rings. The van der Waals surface area contributed by atoms with E-state index in [4.69, 9.17) is 16.6 Å². The van der Waals surface area contributed by atoms with E-state index in [0.29, 0.717) is 25.8 Å². The smallest absolute Gasteiger partial charge is 0.326 e. The van der Waals surface area contributed by atoms with Gasteiger partial charge in [0.2, 0.25) is 23.6 Å². The first kappa shape index (κ1) is 24.7. The molecule has 11 nitrogen and oxygen atoms in total. The molecule has 164 valence electrons. The summed E-state index contributed by atoms with van der Waals surface area (Å²) in [6.45, 7) is -0.0272. The van der Waals surface area contributed by atoms with Crippen LogP contribution in [0.15, 0.2) is 0 Å². The van der Waals surface area contributed by atoms with Crippen LogP contribution in [0.3, 0.4) is 0 Å². The molecule has 12 heteroatoms. The molecule has 29 heavy (non-hydrogen) atoms. The van der Waals surface area contributed by atoms with Gasteiger partial charge in [0.25, 0.3) is 0 Å². The molecule has 0 saturated carbocycles. The number of hydrogen-bond donors (Lipinski definition) is 5. The molecule has 4 amide bonds. The van der Waals surface area contributed by atoms with Crippen LogP contribution >= 0.6 is 11.8 Å². The maximum atomic E-state index is 12.5. The van der Waals surface area contributed by atoms with Crippen LogP contribution < -0.4 is 22.1 Å². The highest BCUT2D eigenvalue weighted by Crippen LogP contribution is 2.19. The molecule has 0 spiro atoms. The number of amides is 4. The molecule has 1 fully saturated rings. The molecule has 0 radical (unpaired) electrons. The Labute approximate surface area is 173 Å². The van der Waals surface area contributed by atoms with E-state index in [0.717, 1.165) is 5.75 Å². The molecule has 1 rings (SSSR count). The third kappa shape index (κ3) is 8.28. The quantitative estimate of drug-likeness (QED) is 0.235. The number of carboxylic acid groups (broad SMARTS) is 1. The number of thioether (sulfide) groups is 1. The van der Waals surface area contributed by atoms with Crippen molar-refractivity contribution < 1.29 is 29.1 Å². The number of rotatable bonds is 12. The van der Waals surface area contributed by atoms with Gasteiger partial charge in [0.1, 0.15) is 12.1 Å². The predicted octanol–water partition coefficient (Wildman–Crippen LogP) is -1.99. The minimum absolute atomic E-state index is 0.150. The molecular formula is C17H29N5O6S. The van der Waals surface area contributed by atoms with Gasteiger partial charge in [-0.2, -0.15) is 11.8 Å². The minimum Gasteiger partial charge on any atom is -0.480 e. The molecule has 0 aromatic heterocycles. The van der Waals surface area contributed by atoms with Crippen molar-refractivity contribution in [3.63, 3.8) is 0 Å². The van der Waals surface area contributed by atoms with Crippen LogP contribution in [0.1, 0.15) is 32.1 Å². The van der Waals surface area contributed by atoms with Crippen molar-refractivity contribution >= 4 is 41.4 Å². The third-order valence-electron chi connectivity index (χ3n) is 4.52. The Bertz CT molecular complexity index is 631. The summed E-state index contributed by atoms with van der Waals surface area (Å²) < 4.78 is 0. The summed E-state index contributed by atoms with van der Waals surface area (Å²) in [6, 6.07) is -2.67. The normalized spacial score (nSPS) is 18.0. The van der Waals surface area contributed by atoms with Crippen molar-refractivity contribution in [1.29, 1.82) is 0 Å². The summed E-state index contributed by atoms with van der Waals surface area (Å²) in [7, 11) is 0. The first-order valence-corrected chi connectivity index (χ1v) is 10.7. The highest BCUT2D eigenvalue weighted by molar-refractivity contribution is 7.98. The number of hydrogen-bond acceptors (Lipinski definition) is 7. The number of carbonyl (C=O) groups excluding carboxylic acids is 4. The molecule has 7 N–H and O–H groups in total. The van der Waals surface area contributed by atoms with E-state index in [9.17, 15) is 24.0 Å². The van der Waals surface area contributed by atoms with Crippen molar-refractivity contribution in [3.8, 4) is 0 Å². The summed E-state index contributed by atoms with van der Waals surface area (Å²) >= 11 is 1.58. The Kier molecular flexibility index (Phi) is 10.5. The summed E-state index contributed by atoms with van der Waals surface area (Å²) in [5.74, 6) is -2.76. The number of carbonyl (C=O) groups is 5. The van der Waals surface area contributed by atoms with E-state index in [2.05, 4.69) is 10.6 Å². The number of nitrogens with one attached hydrogen (secondary N) is 2. The zero-order valence-electron chi connectivity index (χ0n) is 16.4. The van der Waals surface area contributed by atoms with Crippen LogP contribution in [0.5, 0.6) is 0 Å². The van der Waals surface area contributed by atoms with Gasteiger partial charge in [-0.05, 0) is 37.7 Å². The molecule has 3 atom stereocenters. The summed E-state index contributed by atoms with van der Waals surface area (Å²) in [5, 5.41) is 13.7. The number of carboxylic acids is 1. The van der Waals surface area contributed by atoms with E-state index in [1.807, 2.05) is 6.26 Å². The van der Waals surface area contributed by atoms with Gasteiger partial charge in [-0.25, -0.2) is 4.79 Å². The molecule has 1 aliphatic heterocycles. The number of nitrogens with zero attached hydrogens (tertiary/aromatic N) is 1. The standard InChI is InChI=1S/C17H29N5O6S/c1-29-8-6-10(18)16(26)22-7-2-3-12(22)15(25)20-9-14(24)21-11(17(27)28)4-5-13(19)23/h10-12H,2-9,18H2,1H3,(H2,19,23)(H,20,25)(H,21,24)(H,27,28). The van der Waals surface area contributed by atoms with Crippen LogP contribution in [0.4, 0.5) is 0 Å². The summed E-state index contributed by atoms with van der Waals surface area (Å²) in [5.41, 5.74) is 10.9. The van der Waals surface area contributed by atoms with E-state index in [-0.39, 0.29) is 18.7 Å². The van der Waals surface area contributed by atoms with Crippen molar-refractivity contribution in [2.75, 3.05) is 25.1 Å². The average Bonchev–Trinajstić information content (AvgIpc) is 3.16. The van der Waals surface area contributed by atoms with E-state index < -0.39 is 48.4 Å². The Morgan fingerprint density at radius 3 is 2.52 bits per heavy atom. The maximum absolute atomic E-state index is 12.5. The lowest BCUT2D eigenvalue weighted by atomic mass is 10.1. The van der Waals surface area contributed by atoms with Gasteiger partial charge in [0.15, 0.2) is 0 Å². The fourth-order valence-corrected chi connectivity index (χ4v) is 3.45. The summed E-state index contributed by atoms with van der Waals surface area (Å²) in [4.78, 5) is 60.2. The first-order chi connectivity index (χ1) is 13.7. The van der Waals surface area contributed by atoms with Gasteiger partial charge in [-0.3, -0.25) is 19.2 Å². The molecule has 3 unspecified atom stereocenters. The molecule has 0 bridgehead atoms. The molecule has 0 aromatic carbocycles. The van der Waals surface area contributed by atoms with Crippen molar-refractivity contribution in [1.82, 2.24) is 15.5 Å². The van der Waals surface area contributed by atoms with Crippen LogP contribution in [-0.2, 0) is 24.0 Å². The van der Waals surface area contributed by atoms with Crippen molar-refractivity contribution in [2.45, 2.75) is 50.2 Å². The van der Waals surface area contributed by atoms with Gasteiger partial charge >= 0.3 is 5.97 Å². The molecule has 1 heterocycles. The van der Waals surface area contributed by atoms with Gasteiger partial charge < -0.3 is 32.1 Å². The van der Waals surface area contributed by atoms with Crippen LogP contribution in [0.2, 0.25) is 0 Å². The predicted molar refractivity (Wildman–Crippen MR) is 107 cm³/mol. The van der Waals surface area contributed by atoms with Crippen molar-refractivity contribution in [3.05, 3.63) is 0 Å². The first-order valence-electron chi connectivity index (χ1n) is 9.30. The SMILES string of the molecule is CSCCC(N)C(=O)N1CCCC1C(=O)NCC(=O)NC(CCC(N)=O)C(=O)O. The summed E-state index contributed by atoms with van der Waals surface area (Å²) in [6.07, 6.45) is 3.19. The monoisotopic (exact) mass is 431 g/mol. The fraction of sp³-hybridized carbons (Fsp3) is 0.706. The fourth-order valence-electron chi connectivity index (χ4n) is 2.96. The van der Waals surface area contributed by atoms with E-state index >= 15 is 0 Å². The number of nitrogens with two attached hydrogens (primary N) is 2. The Morgan fingerprint density at radius 1 is 1.24 bits per heavy atom. The number of primary amides is 1. The molecular weight excluding hydrogens is 402 g/mol. The Morgan fingerprint density at radius 2 is 1.93 bits per heavy atom. The maximum Gasteiger partial charge on any atom is 0.326 e. The lowest BCUT2D eigenvalue weighted by Crippen LogP contribution is -2.53. The topological polar surface area (TPSA) is 185 Å². The van der Waals surface area contributed by atoms with Gasteiger partial charge in [-0.15, -0.1) is 0 Å². The van der Waals surface area contributed by atoms with Crippen LogP contribution in [0, 0.1) is 0 Å². The van der Waals surface area contributed by atoms with Crippen LogP contribution in [-0.4, -0.2) is 82.8 Å². The van der Waals surface area contributed by atoms with Crippen LogP contribution in [0.25, 0.3) is 0 Å². The highest BCUT2D eigenvalue weighted by Gasteiger charge is 2.36. The largest absolute Gasteiger partial charge is 0.480 e.